The third kappa shape index (κ3) is 5.52. The molecular formula is C12H20O4S2. The molecule has 2 atom stereocenters. The normalized spacial score (nSPS) is 27.7. The first-order valence-corrected chi connectivity index (χ1v) is 8.55. The molecule has 2 unspecified atom stereocenters. The molecule has 0 saturated carbocycles. The maximum atomic E-state index is 11.5. The van der Waals surface area contributed by atoms with E-state index >= 15 is 0 Å². The van der Waals surface area contributed by atoms with Gasteiger partial charge in [-0.3, -0.25) is 0 Å². The fourth-order valence-corrected chi connectivity index (χ4v) is 3.83. The molecule has 0 aliphatic carbocycles. The van der Waals surface area contributed by atoms with Crippen molar-refractivity contribution in [1.82, 2.24) is 0 Å². The fourth-order valence-electron chi connectivity index (χ4n) is 1.42. The van der Waals surface area contributed by atoms with Gasteiger partial charge in [0.15, 0.2) is 0 Å². The summed E-state index contributed by atoms with van der Waals surface area (Å²) in [6.45, 7) is 3.89. The van der Waals surface area contributed by atoms with Crippen LogP contribution in [0, 0.1) is 0 Å². The number of ether oxygens (including phenoxy) is 2. The van der Waals surface area contributed by atoms with Crippen molar-refractivity contribution in [3.63, 3.8) is 0 Å². The molecule has 1 rings (SSSR count). The summed E-state index contributed by atoms with van der Waals surface area (Å²) < 4.78 is 10.3. The molecule has 1 aliphatic rings. The average molecular weight is 292 g/mol. The second kappa shape index (κ2) is 8.69. The van der Waals surface area contributed by atoms with Gasteiger partial charge in [-0.2, -0.15) is 23.5 Å². The van der Waals surface area contributed by atoms with E-state index in [1.165, 1.54) is 0 Å². The van der Waals surface area contributed by atoms with Crippen LogP contribution in [-0.2, 0) is 19.1 Å². The van der Waals surface area contributed by atoms with E-state index in [1.54, 1.807) is 23.5 Å². The van der Waals surface area contributed by atoms with Crippen LogP contribution in [0.25, 0.3) is 0 Å². The summed E-state index contributed by atoms with van der Waals surface area (Å²) in [5, 5.41) is 0. The minimum absolute atomic E-state index is 0.195. The van der Waals surface area contributed by atoms with Crippen LogP contribution in [0.15, 0.2) is 0 Å². The van der Waals surface area contributed by atoms with Gasteiger partial charge in [0, 0.05) is 23.0 Å². The third-order valence-corrected chi connectivity index (χ3v) is 5.06. The Labute approximate surface area is 117 Å². The zero-order chi connectivity index (χ0) is 13.4. The lowest BCUT2D eigenvalue weighted by Gasteiger charge is -2.19. The minimum atomic E-state index is -0.855. The summed E-state index contributed by atoms with van der Waals surface area (Å²) >= 11 is 3.52. The third-order valence-electron chi connectivity index (χ3n) is 2.60. The molecule has 0 spiro atoms. The van der Waals surface area contributed by atoms with Crippen LogP contribution in [0.3, 0.4) is 0 Å². The van der Waals surface area contributed by atoms with Crippen LogP contribution in [0.4, 0.5) is 0 Å². The Hall–Kier alpha value is -0.360. The van der Waals surface area contributed by atoms with Crippen molar-refractivity contribution < 1.29 is 19.1 Å². The molecule has 1 aliphatic heterocycles. The van der Waals surface area contributed by atoms with E-state index in [0.717, 1.165) is 35.9 Å². The van der Waals surface area contributed by atoms with Crippen molar-refractivity contribution in [3.05, 3.63) is 0 Å². The molecule has 6 heteroatoms. The number of rotatable bonds is 2. The van der Waals surface area contributed by atoms with E-state index in [2.05, 4.69) is 0 Å². The van der Waals surface area contributed by atoms with Gasteiger partial charge in [-0.25, -0.2) is 9.59 Å². The molecule has 18 heavy (non-hydrogen) atoms. The number of hydrogen-bond donors (Lipinski definition) is 0. The van der Waals surface area contributed by atoms with Crippen LogP contribution < -0.4 is 0 Å². The molecule has 4 nitrogen and oxygen atoms in total. The van der Waals surface area contributed by atoms with Crippen molar-refractivity contribution in [2.75, 3.05) is 23.0 Å². The summed E-state index contributed by atoms with van der Waals surface area (Å²) in [6, 6.07) is 0. The smallest absolute Gasteiger partial charge is 0.417 e. The average Bonchev–Trinajstić information content (AvgIpc) is 2.37. The van der Waals surface area contributed by atoms with Gasteiger partial charge in [0.05, 0.1) is 0 Å². The van der Waals surface area contributed by atoms with E-state index < -0.39 is 11.9 Å². The zero-order valence-electron chi connectivity index (χ0n) is 10.8. The molecule has 0 aromatic rings. The maximum Gasteiger partial charge on any atom is 0.417 e. The van der Waals surface area contributed by atoms with Crippen LogP contribution in [-0.4, -0.2) is 47.2 Å². The molecule has 0 bridgehead atoms. The zero-order valence-corrected chi connectivity index (χ0v) is 12.5. The SMILES string of the molecule is CCC1CSCCSCC(CC)OC(=O)C(=O)O1. The highest BCUT2D eigenvalue weighted by Crippen LogP contribution is 2.16. The van der Waals surface area contributed by atoms with Crippen molar-refractivity contribution in [2.45, 2.75) is 38.9 Å². The maximum absolute atomic E-state index is 11.5. The second-order valence-corrected chi connectivity index (χ2v) is 6.32. The number of carbonyl (C=O) groups excluding carboxylic acids is 2. The minimum Gasteiger partial charge on any atom is -0.453 e. The van der Waals surface area contributed by atoms with Crippen LogP contribution in [0.2, 0.25) is 0 Å². The highest BCUT2D eigenvalue weighted by molar-refractivity contribution is 8.02. The number of hydrogen-bond acceptors (Lipinski definition) is 6. The van der Waals surface area contributed by atoms with Gasteiger partial charge in [0.1, 0.15) is 12.2 Å². The summed E-state index contributed by atoms with van der Waals surface area (Å²) in [5.74, 6) is 1.84. The van der Waals surface area contributed by atoms with Gasteiger partial charge in [-0.15, -0.1) is 0 Å². The first-order valence-electron chi connectivity index (χ1n) is 6.24. The second-order valence-electron chi connectivity index (χ2n) is 4.02. The molecule has 104 valence electrons. The molecule has 0 radical (unpaired) electrons. The highest BCUT2D eigenvalue weighted by atomic mass is 32.2. The number of esters is 2. The molecule has 1 heterocycles. The Morgan fingerprint density at radius 3 is 1.67 bits per heavy atom. The quantitative estimate of drug-likeness (QED) is 0.574. The van der Waals surface area contributed by atoms with Gasteiger partial charge in [-0.05, 0) is 12.8 Å². The van der Waals surface area contributed by atoms with Crippen LogP contribution in [0.1, 0.15) is 26.7 Å². The number of cyclic esters (lactones) is 2. The highest BCUT2D eigenvalue weighted by Gasteiger charge is 2.25. The molecule has 1 fully saturated rings. The van der Waals surface area contributed by atoms with Gasteiger partial charge in [-0.1, -0.05) is 13.8 Å². The Morgan fingerprint density at radius 2 is 1.33 bits per heavy atom. The number of thioether (sulfide) groups is 2. The Kier molecular flexibility index (Phi) is 7.58. The van der Waals surface area contributed by atoms with E-state index in [0.29, 0.717) is 0 Å². The largest absolute Gasteiger partial charge is 0.453 e. The lowest BCUT2D eigenvalue weighted by atomic mass is 10.3. The molecular weight excluding hydrogens is 272 g/mol. The Morgan fingerprint density at radius 1 is 0.944 bits per heavy atom. The van der Waals surface area contributed by atoms with E-state index in [-0.39, 0.29) is 12.2 Å². The monoisotopic (exact) mass is 292 g/mol. The number of carbonyl (C=O) groups is 2. The molecule has 1 saturated heterocycles. The molecule has 0 aromatic heterocycles. The lowest BCUT2D eigenvalue weighted by molar-refractivity contribution is -0.173. The van der Waals surface area contributed by atoms with Crippen molar-refractivity contribution in [3.8, 4) is 0 Å². The van der Waals surface area contributed by atoms with Crippen molar-refractivity contribution in [1.29, 1.82) is 0 Å². The summed E-state index contributed by atoms with van der Waals surface area (Å²) in [4.78, 5) is 23.1. The Bertz CT molecular complexity index is 255. The van der Waals surface area contributed by atoms with Gasteiger partial charge in [0.25, 0.3) is 0 Å². The molecule has 0 N–H and O–H groups in total. The topological polar surface area (TPSA) is 52.6 Å². The van der Waals surface area contributed by atoms with Crippen molar-refractivity contribution in [2.24, 2.45) is 0 Å². The van der Waals surface area contributed by atoms with Crippen LogP contribution >= 0.6 is 23.5 Å². The van der Waals surface area contributed by atoms with E-state index in [4.69, 9.17) is 9.47 Å². The Balaban J connectivity index is 2.60. The first kappa shape index (κ1) is 15.7. The predicted octanol–water partition coefficient (Wildman–Crippen LogP) is 2.11. The predicted molar refractivity (Wildman–Crippen MR) is 75.0 cm³/mol. The summed E-state index contributed by atoms with van der Waals surface area (Å²) in [6.07, 6.45) is 1.05. The van der Waals surface area contributed by atoms with Gasteiger partial charge >= 0.3 is 11.9 Å². The first-order chi connectivity index (χ1) is 8.67. The standard InChI is InChI=1S/C12H20O4S2/c1-3-9-7-17-5-6-18-8-10(4-2)16-12(14)11(13)15-9/h9-10H,3-8H2,1-2H3. The summed E-state index contributed by atoms with van der Waals surface area (Å²) in [5.41, 5.74) is 0. The van der Waals surface area contributed by atoms with Gasteiger partial charge in [0.2, 0.25) is 0 Å². The summed E-state index contributed by atoms with van der Waals surface area (Å²) in [7, 11) is 0. The van der Waals surface area contributed by atoms with Crippen LogP contribution in [0.5, 0.6) is 0 Å². The van der Waals surface area contributed by atoms with E-state index in [1.807, 2.05) is 13.8 Å². The lowest BCUT2D eigenvalue weighted by Crippen LogP contribution is -2.31. The molecule has 0 aromatic carbocycles. The fraction of sp³-hybridized carbons (Fsp3) is 0.833. The van der Waals surface area contributed by atoms with Crippen molar-refractivity contribution >= 4 is 35.5 Å². The van der Waals surface area contributed by atoms with Gasteiger partial charge < -0.3 is 9.47 Å². The van der Waals surface area contributed by atoms with E-state index in [9.17, 15) is 9.59 Å². The molecule has 0 amide bonds.